The number of hydrogen-bond acceptors (Lipinski definition) is 10. The number of esters is 2. The van der Waals surface area contributed by atoms with Gasteiger partial charge in [-0.05, 0) is 133 Å². The highest BCUT2D eigenvalue weighted by molar-refractivity contribution is 7.23. The van der Waals surface area contributed by atoms with Crippen molar-refractivity contribution in [1.29, 1.82) is 0 Å². The summed E-state index contributed by atoms with van der Waals surface area (Å²) in [4.78, 5) is 38.0. The van der Waals surface area contributed by atoms with E-state index in [1.54, 1.807) is 22.7 Å². The zero-order valence-corrected chi connectivity index (χ0v) is 35.9. The zero-order chi connectivity index (χ0) is 42.4. The molecule has 0 amide bonds. The predicted molar refractivity (Wildman–Crippen MR) is 254 cm³/mol. The van der Waals surface area contributed by atoms with E-state index in [2.05, 4.69) is 143 Å². The van der Waals surface area contributed by atoms with Crippen LogP contribution in [0, 0.1) is 0 Å². The van der Waals surface area contributed by atoms with E-state index >= 15 is 0 Å². The summed E-state index contributed by atoms with van der Waals surface area (Å²) >= 11 is 3.35. The summed E-state index contributed by atoms with van der Waals surface area (Å²) in [5, 5.41) is 1.92. The number of anilines is 6. The van der Waals surface area contributed by atoms with E-state index < -0.39 is 0 Å². The van der Waals surface area contributed by atoms with Crippen LogP contribution in [0.2, 0.25) is 0 Å². The highest BCUT2D eigenvalue weighted by Crippen LogP contribution is 2.41. The first kappa shape index (κ1) is 40.3. The number of para-hydroxylation sites is 2. The predicted octanol–water partition coefficient (Wildman–Crippen LogP) is 13.4. The van der Waals surface area contributed by atoms with Crippen LogP contribution in [0.25, 0.3) is 41.6 Å². The normalized spacial score (nSPS) is 11.1. The highest BCUT2D eigenvalue weighted by Gasteiger charge is 2.17. The molecule has 0 aliphatic heterocycles. The Morgan fingerprint density at radius 3 is 1.11 bits per heavy atom. The first-order chi connectivity index (χ1) is 30.4. The Morgan fingerprint density at radius 2 is 0.774 bits per heavy atom. The molecule has 2 aromatic heterocycles. The molecule has 0 N–H and O–H groups in total. The topological polar surface area (TPSA) is 84.9 Å². The monoisotopic (exact) mass is 850 g/mol. The average Bonchev–Trinajstić information content (AvgIpc) is 3.95. The van der Waals surface area contributed by atoms with E-state index in [0.717, 1.165) is 86.8 Å². The molecule has 0 bridgehead atoms. The SMILES string of the molecule is COC(=O)CCc1ccc(N(c2ccccc2)c2ccc(-c3nc4cc5sc(-c6ccc(N(c7ccccc7)c7ccc(CCC(=O)OC)cc7)cc6)nc5cc4s3)cc2)cc1. The van der Waals surface area contributed by atoms with E-state index in [9.17, 15) is 9.59 Å². The largest absolute Gasteiger partial charge is 0.469 e. The first-order valence-electron chi connectivity index (χ1n) is 20.4. The summed E-state index contributed by atoms with van der Waals surface area (Å²) in [7, 11) is 2.84. The van der Waals surface area contributed by atoms with Crippen molar-refractivity contribution in [3.8, 4) is 21.1 Å². The number of thiazole rings is 2. The third-order valence-corrected chi connectivity index (χ3v) is 12.9. The number of carbonyl (C=O) groups is 2. The van der Waals surface area contributed by atoms with Crippen LogP contribution in [0.4, 0.5) is 34.1 Å². The molecule has 0 aliphatic carbocycles. The quantitative estimate of drug-likeness (QED) is 0.100. The van der Waals surface area contributed by atoms with Gasteiger partial charge in [0.15, 0.2) is 0 Å². The van der Waals surface area contributed by atoms with Crippen molar-refractivity contribution >= 4 is 89.2 Å². The van der Waals surface area contributed by atoms with Crippen molar-refractivity contribution < 1.29 is 19.1 Å². The van der Waals surface area contributed by atoms with Crippen LogP contribution in [0.15, 0.2) is 170 Å². The third kappa shape index (κ3) is 8.83. The van der Waals surface area contributed by atoms with Crippen molar-refractivity contribution in [2.75, 3.05) is 24.0 Å². The minimum absolute atomic E-state index is 0.208. The minimum Gasteiger partial charge on any atom is -0.469 e. The summed E-state index contributed by atoms with van der Waals surface area (Å²) < 4.78 is 11.8. The Kier molecular flexibility index (Phi) is 11.8. The van der Waals surface area contributed by atoms with Crippen molar-refractivity contribution in [1.82, 2.24) is 9.97 Å². The van der Waals surface area contributed by atoms with Crippen LogP contribution >= 0.6 is 22.7 Å². The van der Waals surface area contributed by atoms with Gasteiger partial charge >= 0.3 is 11.9 Å². The molecule has 0 aliphatic rings. The van der Waals surface area contributed by atoms with E-state index in [0.29, 0.717) is 25.7 Å². The molecule has 0 fully saturated rings. The molecule has 0 saturated carbocycles. The number of aryl methyl sites for hydroxylation is 2. The molecular weight excluding hydrogens is 809 g/mol. The van der Waals surface area contributed by atoms with Gasteiger partial charge in [0.25, 0.3) is 0 Å². The van der Waals surface area contributed by atoms with Crippen molar-refractivity contribution in [2.24, 2.45) is 0 Å². The summed E-state index contributed by atoms with van der Waals surface area (Å²) in [6.07, 6.45) is 1.97. The fourth-order valence-electron chi connectivity index (χ4n) is 7.47. The molecular formula is C52H42N4O4S2. The lowest BCUT2D eigenvalue weighted by molar-refractivity contribution is -0.141. The second-order valence-corrected chi connectivity index (χ2v) is 16.8. The van der Waals surface area contributed by atoms with Gasteiger partial charge in [0.05, 0.1) is 34.7 Å². The Hall–Kier alpha value is -7.14. The number of methoxy groups -OCH3 is 2. The Morgan fingerprint density at radius 1 is 0.452 bits per heavy atom. The molecule has 0 atom stereocenters. The fourth-order valence-corrected chi connectivity index (χ4v) is 9.44. The molecule has 8 nitrogen and oxygen atoms in total. The molecule has 2 heterocycles. The molecule has 0 saturated heterocycles. The summed E-state index contributed by atoms with van der Waals surface area (Å²) in [6, 6.07) is 58.7. The molecule has 9 aromatic rings. The maximum atomic E-state index is 11.7. The highest BCUT2D eigenvalue weighted by atomic mass is 32.1. The molecule has 0 spiro atoms. The van der Waals surface area contributed by atoms with E-state index in [-0.39, 0.29) is 11.9 Å². The lowest BCUT2D eigenvalue weighted by Crippen LogP contribution is -2.10. The van der Waals surface area contributed by atoms with Crippen molar-refractivity contribution in [3.63, 3.8) is 0 Å². The average molecular weight is 851 g/mol. The smallest absolute Gasteiger partial charge is 0.305 e. The van der Waals surface area contributed by atoms with Crippen LogP contribution in [0.3, 0.4) is 0 Å². The number of rotatable bonds is 14. The van der Waals surface area contributed by atoms with E-state index in [4.69, 9.17) is 19.4 Å². The van der Waals surface area contributed by atoms with Crippen LogP contribution in [-0.2, 0) is 31.9 Å². The lowest BCUT2D eigenvalue weighted by Gasteiger charge is -2.25. The Bertz CT molecular complexity index is 2700. The second kappa shape index (κ2) is 18.2. The Balaban J connectivity index is 0.937. The van der Waals surface area contributed by atoms with E-state index in [1.165, 1.54) is 14.2 Å². The summed E-state index contributed by atoms with van der Waals surface area (Å²) in [6.45, 7) is 0. The minimum atomic E-state index is -0.208. The third-order valence-electron chi connectivity index (χ3n) is 10.8. The first-order valence-corrected chi connectivity index (χ1v) is 22.0. The number of nitrogens with zero attached hydrogens (tertiary/aromatic N) is 4. The molecule has 7 aromatic carbocycles. The van der Waals surface area contributed by atoms with Crippen molar-refractivity contribution in [2.45, 2.75) is 25.7 Å². The molecule has 62 heavy (non-hydrogen) atoms. The van der Waals surface area contributed by atoms with Gasteiger partial charge in [0.1, 0.15) is 10.0 Å². The summed E-state index contributed by atoms with van der Waals surface area (Å²) in [5.41, 5.74) is 12.4. The van der Waals surface area contributed by atoms with Gasteiger partial charge in [0, 0.05) is 58.1 Å². The number of hydrogen-bond donors (Lipinski definition) is 0. The van der Waals surface area contributed by atoms with Crippen LogP contribution in [0.5, 0.6) is 0 Å². The number of fused-ring (bicyclic) bond motifs is 2. The number of ether oxygens (including phenoxy) is 2. The second-order valence-electron chi connectivity index (χ2n) is 14.7. The van der Waals surface area contributed by atoms with Crippen LogP contribution in [0.1, 0.15) is 24.0 Å². The van der Waals surface area contributed by atoms with Gasteiger partial charge in [-0.15, -0.1) is 22.7 Å². The van der Waals surface area contributed by atoms with Crippen LogP contribution in [-0.4, -0.2) is 36.1 Å². The van der Waals surface area contributed by atoms with Crippen LogP contribution < -0.4 is 9.80 Å². The van der Waals surface area contributed by atoms with Gasteiger partial charge in [-0.25, -0.2) is 9.97 Å². The molecule has 0 unspecified atom stereocenters. The Labute approximate surface area is 368 Å². The fraction of sp³-hybridized carbons (Fsp3) is 0.115. The van der Waals surface area contributed by atoms with Crippen molar-refractivity contribution in [3.05, 3.63) is 181 Å². The van der Waals surface area contributed by atoms with Gasteiger partial charge in [-0.2, -0.15) is 0 Å². The molecule has 10 heteroatoms. The maximum Gasteiger partial charge on any atom is 0.305 e. The number of aromatic nitrogens is 2. The lowest BCUT2D eigenvalue weighted by atomic mass is 10.1. The standard InChI is InChI=1S/C52H42N4O4S2/c1-59-49(57)31-17-35-13-23-41(24-14-35)55(39-9-5-3-6-10-39)43-27-19-37(20-28-43)51-53-45-33-48-46(34-47(45)61-51)54-52(62-48)38-21-29-44(30-22-38)56(40-11-7-4-8-12-40)42-25-15-36(16-26-42)18-32-50(58)60-2/h3-16,19-30,33-34H,17-18,31-32H2,1-2H3. The van der Waals surface area contributed by atoms with Gasteiger partial charge < -0.3 is 19.3 Å². The molecule has 0 radical (unpaired) electrons. The number of benzene rings is 7. The molecule has 306 valence electrons. The summed E-state index contributed by atoms with van der Waals surface area (Å²) in [5.74, 6) is -0.417. The van der Waals surface area contributed by atoms with E-state index in [1.807, 2.05) is 36.4 Å². The maximum absolute atomic E-state index is 11.7. The van der Waals surface area contributed by atoms with Gasteiger partial charge in [-0.1, -0.05) is 60.7 Å². The zero-order valence-electron chi connectivity index (χ0n) is 34.2. The molecule has 9 rings (SSSR count). The van der Waals surface area contributed by atoms with Gasteiger partial charge in [0.2, 0.25) is 0 Å². The van der Waals surface area contributed by atoms with Gasteiger partial charge in [-0.3, -0.25) is 9.59 Å². The number of carbonyl (C=O) groups excluding carboxylic acids is 2.